The number of carbonyl (C=O) groups is 3. The SMILES string of the molecule is CC1(C(=O)O)CCCCN1C(=O)[C@@H]1CCC[C@@H]1NC(=O)OCC1c2ccccc2-c2ccccc21. The first-order chi connectivity index (χ1) is 16.9. The minimum atomic E-state index is -1.19. The van der Waals surface area contributed by atoms with Crippen LogP contribution in [0.1, 0.15) is 62.5 Å². The highest BCUT2D eigenvalue weighted by Crippen LogP contribution is 2.44. The first-order valence-electron chi connectivity index (χ1n) is 12.6. The third-order valence-corrected chi connectivity index (χ3v) is 8.10. The fourth-order valence-electron chi connectivity index (χ4n) is 6.12. The van der Waals surface area contributed by atoms with Gasteiger partial charge in [0.1, 0.15) is 12.1 Å². The summed E-state index contributed by atoms with van der Waals surface area (Å²) in [5, 5.41) is 12.7. The van der Waals surface area contributed by atoms with E-state index in [4.69, 9.17) is 4.74 Å². The Morgan fingerprint density at radius 2 is 1.66 bits per heavy atom. The number of hydrogen-bond acceptors (Lipinski definition) is 4. The molecule has 2 aliphatic carbocycles. The average Bonchev–Trinajstić information content (AvgIpc) is 3.45. The molecule has 2 N–H and O–H groups in total. The lowest BCUT2D eigenvalue weighted by molar-refractivity contribution is -0.163. The van der Waals surface area contributed by atoms with Gasteiger partial charge in [-0.25, -0.2) is 9.59 Å². The number of benzene rings is 2. The Morgan fingerprint density at radius 3 is 2.31 bits per heavy atom. The van der Waals surface area contributed by atoms with Gasteiger partial charge in [0, 0.05) is 18.5 Å². The fraction of sp³-hybridized carbons (Fsp3) is 0.464. The van der Waals surface area contributed by atoms with Crippen molar-refractivity contribution in [2.45, 2.75) is 62.9 Å². The van der Waals surface area contributed by atoms with E-state index in [1.54, 1.807) is 6.92 Å². The van der Waals surface area contributed by atoms with Gasteiger partial charge in [-0.1, -0.05) is 55.0 Å². The predicted molar refractivity (Wildman–Crippen MR) is 131 cm³/mol. The molecule has 2 amide bonds. The van der Waals surface area contributed by atoms with Crippen LogP contribution in [-0.2, 0) is 14.3 Å². The number of likely N-dealkylation sites (tertiary alicyclic amines) is 1. The number of ether oxygens (including phenoxy) is 1. The Morgan fingerprint density at radius 1 is 1.00 bits per heavy atom. The van der Waals surface area contributed by atoms with Crippen LogP contribution in [0.4, 0.5) is 4.79 Å². The number of hydrogen-bond donors (Lipinski definition) is 2. The molecule has 0 spiro atoms. The van der Waals surface area contributed by atoms with E-state index < -0.39 is 23.5 Å². The third-order valence-electron chi connectivity index (χ3n) is 8.10. The van der Waals surface area contributed by atoms with Crippen LogP contribution in [0, 0.1) is 5.92 Å². The monoisotopic (exact) mass is 476 g/mol. The van der Waals surface area contributed by atoms with Gasteiger partial charge in [-0.3, -0.25) is 4.79 Å². The van der Waals surface area contributed by atoms with Gasteiger partial charge in [0.15, 0.2) is 0 Å². The Labute approximate surface area is 205 Å². The molecule has 184 valence electrons. The standard InChI is InChI=1S/C28H32N2O5/c1-28(26(32)33)15-6-7-16-30(28)25(31)22-13-8-14-24(22)29-27(34)35-17-23-20-11-4-2-9-18(20)19-10-3-5-12-21(19)23/h2-5,9-12,22-24H,6-8,13-17H2,1H3,(H,29,34)(H,32,33)/t22-,24+,28?/m1/s1. The zero-order valence-corrected chi connectivity index (χ0v) is 20.0. The maximum absolute atomic E-state index is 13.4. The van der Waals surface area contributed by atoms with E-state index in [9.17, 15) is 19.5 Å². The lowest BCUT2D eigenvalue weighted by atomic mass is 9.86. The summed E-state index contributed by atoms with van der Waals surface area (Å²) in [4.78, 5) is 39.7. The normalized spacial score (nSPS) is 25.6. The van der Waals surface area contributed by atoms with E-state index in [-0.39, 0.29) is 24.5 Å². The fourth-order valence-corrected chi connectivity index (χ4v) is 6.12. The predicted octanol–water partition coefficient (Wildman–Crippen LogP) is 4.55. The van der Waals surface area contributed by atoms with Crippen molar-refractivity contribution < 1.29 is 24.2 Å². The highest BCUT2D eigenvalue weighted by Gasteiger charge is 2.47. The molecule has 1 heterocycles. The summed E-state index contributed by atoms with van der Waals surface area (Å²) in [5.74, 6) is -1.59. The molecule has 1 aliphatic heterocycles. The molecule has 2 fully saturated rings. The van der Waals surface area contributed by atoms with E-state index in [2.05, 4.69) is 29.6 Å². The topological polar surface area (TPSA) is 95.9 Å². The van der Waals surface area contributed by atoms with Gasteiger partial charge in [0.25, 0.3) is 0 Å². The average molecular weight is 477 g/mol. The summed E-state index contributed by atoms with van der Waals surface area (Å²) >= 11 is 0. The number of aliphatic carboxylic acids is 1. The van der Waals surface area contributed by atoms with Crippen molar-refractivity contribution in [1.82, 2.24) is 10.2 Å². The summed E-state index contributed by atoms with van der Waals surface area (Å²) in [5.41, 5.74) is 3.44. The highest BCUT2D eigenvalue weighted by atomic mass is 16.5. The van der Waals surface area contributed by atoms with Gasteiger partial charge in [-0.15, -0.1) is 0 Å². The molecular formula is C28H32N2O5. The molecule has 7 nitrogen and oxygen atoms in total. The minimum absolute atomic E-state index is 0.0289. The Bertz CT molecular complexity index is 1100. The molecule has 35 heavy (non-hydrogen) atoms. The van der Waals surface area contributed by atoms with Gasteiger partial charge >= 0.3 is 12.1 Å². The largest absolute Gasteiger partial charge is 0.480 e. The quantitative estimate of drug-likeness (QED) is 0.660. The number of fused-ring (bicyclic) bond motifs is 3. The van der Waals surface area contributed by atoms with E-state index in [1.165, 1.54) is 16.0 Å². The maximum Gasteiger partial charge on any atom is 0.407 e. The molecular weight excluding hydrogens is 444 g/mol. The Kier molecular flexibility index (Phi) is 6.26. The van der Waals surface area contributed by atoms with Crippen molar-refractivity contribution in [3.05, 3.63) is 59.7 Å². The number of piperidine rings is 1. The first-order valence-corrected chi connectivity index (χ1v) is 12.6. The van der Waals surface area contributed by atoms with Crippen LogP contribution in [0.5, 0.6) is 0 Å². The number of nitrogens with one attached hydrogen (secondary N) is 1. The van der Waals surface area contributed by atoms with E-state index >= 15 is 0 Å². The van der Waals surface area contributed by atoms with Gasteiger partial charge in [0.05, 0.1) is 5.92 Å². The maximum atomic E-state index is 13.4. The highest BCUT2D eigenvalue weighted by molar-refractivity contribution is 5.89. The van der Waals surface area contributed by atoms with Crippen LogP contribution in [-0.4, -0.2) is 52.7 Å². The zero-order chi connectivity index (χ0) is 24.6. The minimum Gasteiger partial charge on any atom is -0.480 e. The molecule has 1 saturated carbocycles. The molecule has 1 saturated heterocycles. The lowest BCUT2D eigenvalue weighted by Crippen LogP contribution is -2.60. The summed E-state index contributed by atoms with van der Waals surface area (Å²) in [6.07, 6.45) is 3.63. The van der Waals surface area contributed by atoms with Gasteiger partial charge in [-0.05, 0) is 61.3 Å². The Hall–Kier alpha value is -3.35. The number of carboxylic acids is 1. The third kappa shape index (κ3) is 4.17. The summed E-state index contributed by atoms with van der Waals surface area (Å²) in [6, 6.07) is 16.0. The molecule has 1 unspecified atom stereocenters. The molecule has 2 aromatic rings. The van der Waals surface area contributed by atoms with E-state index in [1.807, 2.05) is 24.3 Å². The smallest absolute Gasteiger partial charge is 0.407 e. The molecule has 3 atom stereocenters. The molecule has 3 aliphatic rings. The van der Waals surface area contributed by atoms with Crippen molar-refractivity contribution in [2.24, 2.45) is 5.92 Å². The molecule has 0 aromatic heterocycles. The van der Waals surface area contributed by atoms with Crippen LogP contribution in [0.25, 0.3) is 11.1 Å². The van der Waals surface area contributed by atoms with Crippen LogP contribution in [0.3, 0.4) is 0 Å². The van der Waals surface area contributed by atoms with E-state index in [0.29, 0.717) is 25.8 Å². The second-order valence-electron chi connectivity index (χ2n) is 10.1. The number of nitrogens with zero attached hydrogens (tertiary/aromatic N) is 1. The van der Waals surface area contributed by atoms with Crippen molar-refractivity contribution in [2.75, 3.05) is 13.2 Å². The lowest BCUT2D eigenvalue weighted by Gasteiger charge is -2.43. The molecule has 7 heteroatoms. The van der Waals surface area contributed by atoms with Crippen molar-refractivity contribution in [1.29, 1.82) is 0 Å². The Balaban J connectivity index is 1.24. The number of rotatable bonds is 5. The molecule has 0 bridgehead atoms. The van der Waals surface area contributed by atoms with Crippen molar-refractivity contribution in [3.8, 4) is 11.1 Å². The molecule has 5 rings (SSSR count). The number of amides is 2. The summed E-state index contributed by atoms with van der Waals surface area (Å²) in [6.45, 7) is 2.29. The van der Waals surface area contributed by atoms with Crippen LogP contribution >= 0.6 is 0 Å². The molecule has 2 aromatic carbocycles. The number of carboxylic acid groups (broad SMARTS) is 1. The zero-order valence-electron chi connectivity index (χ0n) is 20.0. The number of carbonyl (C=O) groups excluding carboxylic acids is 2. The second kappa shape index (κ2) is 9.36. The molecule has 0 radical (unpaired) electrons. The first kappa shape index (κ1) is 23.4. The van der Waals surface area contributed by atoms with Crippen molar-refractivity contribution >= 4 is 18.0 Å². The van der Waals surface area contributed by atoms with Gasteiger partial charge in [-0.2, -0.15) is 0 Å². The van der Waals surface area contributed by atoms with Crippen LogP contribution in [0.2, 0.25) is 0 Å². The van der Waals surface area contributed by atoms with Crippen LogP contribution in [0.15, 0.2) is 48.5 Å². The summed E-state index contributed by atoms with van der Waals surface area (Å²) in [7, 11) is 0. The van der Waals surface area contributed by atoms with Crippen molar-refractivity contribution in [3.63, 3.8) is 0 Å². The van der Waals surface area contributed by atoms with Gasteiger partial charge < -0.3 is 20.1 Å². The van der Waals surface area contributed by atoms with Gasteiger partial charge in [0.2, 0.25) is 5.91 Å². The summed E-state index contributed by atoms with van der Waals surface area (Å²) < 4.78 is 5.69. The van der Waals surface area contributed by atoms with E-state index in [0.717, 1.165) is 30.4 Å². The number of alkyl carbamates (subject to hydrolysis) is 1. The second-order valence-corrected chi connectivity index (χ2v) is 10.1. The van der Waals surface area contributed by atoms with Crippen LogP contribution < -0.4 is 5.32 Å².